The fraction of sp³-hybridized carbons (Fsp3) is 0.333. The minimum Gasteiger partial charge on any atom is -0.340 e. The molecule has 0 unspecified atom stereocenters. The predicted molar refractivity (Wildman–Crippen MR) is 162 cm³/mol. The zero-order chi connectivity index (χ0) is 29.7. The minimum absolute atomic E-state index is 0.0128. The summed E-state index contributed by atoms with van der Waals surface area (Å²) in [6, 6.07) is 21.2. The number of Topliss-reactive ketones (excluding diaryl/α,β-unsaturated/α-hetero) is 1. The van der Waals surface area contributed by atoms with Gasteiger partial charge < -0.3 is 20.9 Å². The van der Waals surface area contributed by atoms with E-state index in [1.807, 2.05) is 49.4 Å². The van der Waals surface area contributed by atoms with Crippen LogP contribution < -0.4 is 16.0 Å². The highest BCUT2D eigenvalue weighted by Gasteiger charge is 2.44. The Morgan fingerprint density at radius 2 is 1.60 bits per heavy atom. The lowest BCUT2D eigenvalue weighted by atomic mass is 9.85. The van der Waals surface area contributed by atoms with Crippen molar-refractivity contribution in [3.63, 3.8) is 0 Å². The molecule has 0 radical (unpaired) electrons. The Kier molecular flexibility index (Phi) is 9.04. The topological polar surface area (TPSA) is 108 Å². The summed E-state index contributed by atoms with van der Waals surface area (Å²) in [4.78, 5) is 55.6. The van der Waals surface area contributed by atoms with Crippen molar-refractivity contribution in [3.05, 3.63) is 100 Å². The smallest absolute Gasteiger partial charge is 0.250 e. The van der Waals surface area contributed by atoms with Crippen molar-refractivity contribution in [2.75, 3.05) is 18.4 Å². The molecule has 9 heteroatoms. The molecule has 3 amide bonds. The number of carbonyl (C=O) groups is 4. The van der Waals surface area contributed by atoms with Crippen LogP contribution in [-0.4, -0.2) is 53.1 Å². The summed E-state index contributed by atoms with van der Waals surface area (Å²) in [5.41, 5.74) is 2.64. The van der Waals surface area contributed by atoms with Crippen molar-refractivity contribution in [2.45, 2.75) is 57.2 Å². The summed E-state index contributed by atoms with van der Waals surface area (Å²) in [5.74, 6) is -1.13. The van der Waals surface area contributed by atoms with E-state index in [1.165, 1.54) is 0 Å². The van der Waals surface area contributed by atoms with Crippen molar-refractivity contribution >= 4 is 40.8 Å². The van der Waals surface area contributed by atoms with Gasteiger partial charge in [-0.1, -0.05) is 78.3 Å². The van der Waals surface area contributed by atoms with E-state index in [4.69, 9.17) is 11.6 Å². The lowest BCUT2D eigenvalue weighted by Gasteiger charge is -2.41. The van der Waals surface area contributed by atoms with Crippen molar-refractivity contribution in [1.29, 1.82) is 0 Å². The van der Waals surface area contributed by atoms with Gasteiger partial charge in [0.05, 0.1) is 10.7 Å². The van der Waals surface area contributed by atoms with Crippen LogP contribution in [0.2, 0.25) is 5.02 Å². The van der Waals surface area contributed by atoms with Gasteiger partial charge in [0, 0.05) is 31.4 Å². The van der Waals surface area contributed by atoms with Gasteiger partial charge in [0.25, 0.3) is 0 Å². The number of halogens is 1. The number of anilines is 1. The molecule has 3 aromatic rings. The van der Waals surface area contributed by atoms with E-state index in [-0.39, 0.29) is 42.9 Å². The molecule has 0 aliphatic carbocycles. The molecule has 0 saturated carbocycles. The van der Waals surface area contributed by atoms with Gasteiger partial charge in [0.15, 0.2) is 5.78 Å². The van der Waals surface area contributed by atoms with E-state index < -0.39 is 11.6 Å². The average Bonchev–Trinajstić information content (AvgIpc) is 3.02. The first kappa shape index (κ1) is 29.5. The highest BCUT2D eigenvalue weighted by Crippen LogP contribution is 2.30. The van der Waals surface area contributed by atoms with Crippen LogP contribution in [0, 0.1) is 6.92 Å². The second-order valence-corrected chi connectivity index (χ2v) is 11.4. The molecule has 218 valence electrons. The van der Waals surface area contributed by atoms with E-state index in [9.17, 15) is 19.2 Å². The Morgan fingerprint density at radius 1 is 0.905 bits per heavy atom. The Balaban J connectivity index is 1.36. The maximum Gasteiger partial charge on any atom is 0.250 e. The summed E-state index contributed by atoms with van der Waals surface area (Å²) in [6.07, 6.45) is 1.12. The molecular formula is C33H35ClN4O4. The number of nitrogens with one attached hydrogen (secondary N) is 3. The standard InChI is InChI=1S/C33H35ClN4O4/c1-22-8-7-13-26(30(22)34)36-32(42)33(16-18-35-19-17-33)37-31(41)27-20-24-11-5-6-12-25(24)21-38(27)29(40)15-14-28(39)23-9-3-2-4-10-23/h2-13,27,35H,14-21H2,1H3,(H,36,42)(H,37,41)/t27-/m0/s1. The van der Waals surface area contributed by atoms with Crippen LogP contribution in [0.3, 0.4) is 0 Å². The average molecular weight is 587 g/mol. The quantitative estimate of drug-likeness (QED) is 0.338. The maximum atomic E-state index is 14.0. The molecule has 3 aromatic carbocycles. The molecule has 5 rings (SSSR count). The molecule has 2 heterocycles. The van der Waals surface area contributed by atoms with Gasteiger partial charge in [-0.05, 0) is 55.6 Å². The van der Waals surface area contributed by atoms with Gasteiger partial charge in [0.2, 0.25) is 17.7 Å². The van der Waals surface area contributed by atoms with Crippen LogP contribution in [0.1, 0.15) is 52.7 Å². The lowest BCUT2D eigenvalue weighted by molar-refractivity contribution is -0.143. The molecule has 0 aromatic heterocycles. The number of benzene rings is 3. The van der Waals surface area contributed by atoms with Crippen molar-refractivity contribution in [1.82, 2.24) is 15.5 Å². The van der Waals surface area contributed by atoms with Crippen LogP contribution in [0.15, 0.2) is 72.8 Å². The second-order valence-electron chi connectivity index (χ2n) is 11.0. The SMILES string of the molecule is Cc1cccc(NC(=O)C2(NC(=O)[C@@H]3Cc4ccccc4CN3C(=O)CCC(=O)c3ccccc3)CCNCC2)c1Cl. The van der Waals surface area contributed by atoms with E-state index in [0.717, 1.165) is 16.7 Å². The third kappa shape index (κ3) is 6.40. The fourth-order valence-electron chi connectivity index (χ4n) is 5.72. The molecule has 8 nitrogen and oxygen atoms in total. The third-order valence-electron chi connectivity index (χ3n) is 8.23. The van der Waals surface area contributed by atoms with Gasteiger partial charge in [0.1, 0.15) is 11.6 Å². The molecule has 2 aliphatic heterocycles. The van der Waals surface area contributed by atoms with Crippen molar-refractivity contribution in [2.24, 2.45) is 0 Å². The third-order valence-corrected chi connectivity index (χ3v) is 8.73. The Hall–Kier alpha value is -4.01. The van der Waals surface area contributed by atoms with Gasteiger partial charge in [-0.2, -0.15) is 0 Å². The first-order valence-electron chi connectivity index (χ1n) is 14.3. The fourth-order valence-corrected chi connectivity index (χ4v) is 5.89. The first-order valence-corrected chi connectivity index (χ1v) is 14.7. The zero-order valence-corrected chi connectivity index (χ0v) is 24.4. The molecular weight excluding hydrogens is 552 g/mol. The number of ketones is 1. The van der Waals surface area contributed by atoms with Gasteiger partial charge in [-0.3, -0.25) is 19.2 Å². The highest BCUT2D eigenvalue weighted by molar-refractivity contribution is 6.34. The van der Waals surface area contributed by atoms with Gasteiger partial charge >= 0.3 is 0 Å². The lowest BCUT2D eigenvalue weighted by Crippen LogP contribution is -2.65. The van der Waals surface area contributed by atoms with E-state index in [2.05, 4.69) is 16.0 Å². The number of nitrogens with zero attached hydrogens (tertiary/aromatic N) is 1. The van der Waals surface area contributed by atoms with Crippen LogP contribution in [0.4, 0.5) is 5.69 Å². The van der Waals surface area contributed by atoms with E-state index in [1.54, 1.807) is 35.2 Å². The van der Waals surface area contributed by atoms with E-state index >= 15 is 0 Å². The van der Waals surface area contributed by atoms with Crippen LogP contribution in [0.5, 0.6) is 0 Å². The Morgan fingerprint density at radius 3 is 2.33 bits per heavy atom. The van der Waals surface area contributed by atoms with Crippen molar-refractivity contribution < 1.29 is 19.2 Å². The minimum atomic E-state index is -1.18. The van der Waals surface area contributed by atoms with Crippen LogP contribution in [0.25, 0.3) is 0 Å². The highest BCUT2D eigenvalue weighted by atomic mass is 35.5. The van der Waals surface area contributed by atoms with E-state index in [0.29, 0.717) is 48.6 Å². The van der Waals surface area contributed by atoms with Crippen LogP contribution in [-0.2, 0) is 27.3 Å². The monoisotopic (exact) mass is 586 g/mol. The number of fused-ring (bicyclic) bond motifs is 1. The van der Waals surface area contributed by atoms with Gasteiger partial charge in [-0.25, -0.2) is 0 Å². The maximum absolute atomic E-state index is 14.0. The Bertz CT molecular complexity index is 1490. The molecule has 42 heavy (non-hydrogen) atoms. The number of piperidine rings is 1. The van der Waals surface area contributed by atoms with Crippen LogP contribution >= 0.6 is 11.6 Å². The molecule has 0 bridgehead atoms. The molecule has 0 spiro atoms. The number of carbonyl (C=O) groups excluding carboxylic acids is 4. The molecule has 1 fully saturated rings. The summed E-state index contributed by atoms with van der Waals surface area (Å²) in [5, 5.41) is 9.71. The summed E-state index contributed by atoms with van der Waals surface area (Å²) >= 11 is 6.46. The molecule has 2 aliphatic rings. The summed E-state index contributed by atoms with van der Waals surface area (Å²) in [6.45, 7) is 3.21. The summed E-state index contributed by atoms with van der Waals surface area (Å²) in [7, 11) is 0. The van der Waals surface area contributed by atoms with Crippen molar-refractivity contribution in [3.8, 4) is 0 Å². The molecule has 1 saturated heterocycles. The second kappa shape index (κ2) is 12.9. The predicted octanol–water partition coefficient (Wildman–Crippen LogP) is 4.44. The zero-order valence-electron chi connectivity index (χ0n) is 23.6. The normalized spacial score (nSPS) is 17.6. The largest absolute Gasteiger partial charge is 0.340 e. The Labute approximate surface area is 250 Å². The number of aryl methyl sites for hydroxylation is 1. The molecule has 1 atom stereocenters. The number of rotatable bonds is 8. The summed E-state index contributed by atoms with van der Waals surface area (Å²) < 4.78 is 0. The number of amides is 3. The number of hydrogen-bond donors (Lipinski definition) is 3. The number of hydrogen-bond acceptors (Lipinski definition) is 5. The first-order chi connectivity index (χ1) is 20.3. The molecule has 3 N–H and O–H groups in total. The van der Waals surface area contributed by atoms with Gasteiger partial charge in [-0.15, -0.1) is 0 Å².